The zero-order valence-corrected chi connectivity index (χ0v) is 12.6. The van der Waals surface area contributed by atoms with Gasteiger partial charge in [0.15, 0.2) is 0 Å². The maximum absolute atomic E-state index is 12.2. The number of hydrogen-bond donors (Lipinski definition) is 2. The summed E-state index contributed by atoms with van der Waals surface area (Å²) in [6.07, 6.45) is 2.22. The Hall–Kier alpha value is -0.430. The van der Waals surface area contributed by atoms with Crippen LogP contribution in [0.25, 0.3) is 0 Å². The Bertz CT molecular complexity index is 541. The smallest absolute Gasteiger partial charge is 0.240 e. The highest BCUT2D eigenvalue weighted by Crippen LogP contribution is 2.31. The topological polar surface area (TPSA) is 72.2 Å². The quantitative estimate of drug-likeness (QED) is 0.863. The largest absolute Gasteiger partial charge is 0.326 e. The van der Waals surface area contributed by atoms with Crippen LogP contribution in [0, 0.1) is 12.8 Å². The highest BCUT2D eigenvalue weighted by atomic mass is 79.9. The molecule has 0 aliphatic heterocycles. The van der Waals surface area contributed by atoms with Crippen LogP contribution in [0.2, 0.25) is 0 Å². The minimum Gasteiger partial charge on any atom is -0.326 e. The van der Waals surface area contributed by atoms with Crippen molar-refractivity contribution in [2.45, 2.75) is 30.7 Å². The summed E-state index contributed by atoms with van der Waals surface area (Å²) in [4.78, 5) is 0.305. The van der Waals surface area contributed by atoms with E-state index in [1.807, 2.05) is 6.07 Å². The normalized spacial score (nSPS) is 17.7. The van der Waals surface area contributed by atoms with Gasteiger partial charge in [0.25, 0.3) is 0 Å². The molecule has 1 unspecified atom stereocenters. The van der Waals surface area contributed by atoms with Crippen LogP contribution in [0.15, 0.2) is 27.6 Å². The third-order valence-corrected chi connectivity index (χ3v) is 5.67. The van der Waals surface area contributed by atoms with Crippen molar-refractivity contribution < 1.29 is 8.42 Å². The van der Waals surface area contributed by atoms with Crippen LogP contribution in [0.4, 0.5) is 0 Å². The van der Waals surface area contributed by atoms with Gasteiger partial charge < -0.3 is 5.73 Å². The van der Waals surface area contributed by atoms with Crippen LogP contribution in [-0.2, 0) is 10.0 Å². The fourth-order valence-electron chi connectivity index (χ4n) is 1.85. The summed E-state index contributed by atoms with van der Waals surface area (Å²) in [6.45, 7) is 2.08. The van der Waals surface area contributed by atoms with Gasteiger partial charge >= 0.3 is 0 Å². The van der Waals surface area contributed by atoms with Crippen LogP contribution < -0.4 is 10.5 Å². The predicted octanol–water partition coefficient (Wildman–Crippen LogP) is 1.77. The number of hydrogen-bond acceptors (Lipinski definition) is 3. The lowest BCUT2D eigenvalue weighted by Gasteiger charge is -2.13. The minimum absolute atomic E-state index is 0.0766. The second-order valence-corrected chi connectivity index (χ2v) is 7.31. The van der Waals surface area contributed by atoms with E-state index in [0.29, 0.717) is 22.9 Å². The monoisotopic (exact) mass is 332 g/mol. The Kier molecular flexibility index (Phi) is 4.11. The van der Waals surface area contributed by atoms with E-state index in [0.717, 1.165) is 17.3 Å². The van der Waals surface area contributed by atoms with E-state index >= 15 is 0 Å². The lowest BCUT2D eigenvalue weighted by molar-refractivity contribution is 0.547. The minimum atomic E-state index is -3.47. The fraction of sp³-hybridized carbons (Fsp3) is 0.500. The predicted molar refractivity (Wildman–Crippen MR) is 74.8 cm³/mol. The van der Waals surface area contributed by atoms with Gasteiger partial charge in [0.1, 0.15) is 0 Å². The fourth-order valence-corrected chi connectivity index (χ4v) is 3.69. The van der Waals surface area contributed by atoms with E-state index in [-0.39, 0.29) is 6.04 Å². The zero-order chi connectivity index (χ0) is 13.3. The van der Waals surface area contributed by atoms with Crippen molar-refractivity contribution in [2.24, 2.45) is 11.7 Å². The Morgan fingerprint density at radius 1 is 1.50 bits per heavy atom. The summed E-state index contributed by atoms with van der Waals surface area (Å²) >= 11 is 3.33. The molecule has 0 radical (unpaired) electrons. The zero-order valence-electron chi connectivity index (χ0n) is 10.2. The van der Waals surface area contributed by atoms with E-state index in [2.05, 4.69) is 20.7 Å². The molecule has 0 spiro atoms. The van der Waals surface area contributed by atoms with Crippen molar-refractivity contribution in [1.82, 2.24) is 4.72 Å². The Morgan fingerprint density at radius 2 is 2.17 bits per heavy atom. The van der Waals surface area contributed by atoms with Crippen LogP contribution in [0.5, 0.6) is 0 Å². The summed E-state index contributed by atoms with van der Waals surface area (Å²) in [5.41, 5.74) is 6.61. The van der Waals surface area contributed by atoms with Crippen LogP contribution in [0.3, 0.4) is 0 Å². The summed E-state index contributed by atoms with van der Waals surface area (Å²) in [5.74, 6) is 0.483. The highest BCUT2D eigenvalue weighted by Gasteiger charge is 2.29. The molecule has 1 aliphatic carbocycles. The molecule has 18 heavy (non-hydrogen) atoms. The van der Waals surface area contributed by atoms with Crippen molar-refractivity contribution in [3.8, 4) is 0 Å². The molecule has 0 heterocycles. The molecule has 1 saturated carbocycles. The van der Waals surface area contributed by atoms with Crippen molar-refractivity contribution in [3.05, 3.63) is 28.2 Å². The van der Waals surface area contributed by atoms with E-state index in [1.54, 1.807) is 19.1 Å². The Balaban J connectivity index is 2.12. The summed E-state index contributed by atoms with van der Waals surface area (Å²) < 4.78 is 27.7. The number of benzene rings is 1. The van der Waals surface area contributed by atoms with Crippen LogP contribution in [0.1, 0.15) is 18.4 Å². The van der Waals surface area contributed by atoms with Crippen molar-refractivity contribution >= 4 is 26.0 Å². The first-order valence-corrected chi connectivity index (χ1v) is 8.20. The molecule has 4 nitrogen and oxygen atoms in total. The Morgan fingerprint density at radius 3 is 2.78 bits per heavy atom. The molecule has 100 valence electrons. The molecule has 1 aromatic carbocycles. The molecule has 1 atom stereocenters. The van der Waals surface area contributed by atoms with Gasteiger partial charge in [-0.05, 0) is 43.4 Å². The molecule has 0 bridgehead atoms. The maximum atomic E-state index is 12.2. The average molecular weight is 333 g/mol. The van der Waals surface area contributed by atoms with E-state index < -0.39 is 10.0 Å². The first-order valence-electron chi connectivity index (χ1n) is 5.92. The molecule has 1 fully saturated rings. The van der Waals surface area contributed by atoms with E-state index in [9.17, 15) is 8.42 Å². The molecule has 3 N–H and O–H groups in total. The molecular formula is C12H17BrN2O2S. The van der Waals surface area contributed by atoms with Gasteiger partial charge in [-0.25, -0.2) is 13.1 Å². The van der Waals surface area contributed by atoms with Gasteiger partial charge in [-0.2, -0.15) is 0 Å². The molecule has 2 rings (SSSR count). The lowest BCUT2D eigenvalue weighted by Crippen LogP contribution is -2.38. The molecule has 0 saturated heterocycles. The van der Waals surface area contributed by atoms with Gasteiger partial charge in [0.2, 0.25) is 10.0 Å². The number of sulfonamides is 1. The highest BCUT2D eigenvalue weighted by molar-refractivity contribution is 9.10. The summed E-state index contributed by atoms with van der Waals surface area (Å²) in [6, 6.07) is 5.06. The third kappa shape index (κ3) is 3.12. The number of rotatable bonds is 5. The van der Waals surface area contributed by atoms with Gasteiger partial charge in [0, 0.05) is 17.1 Å². The molecule has 1 aromatic rings. The molecule has 6 heteroatoms. The summed E-state index contributed by atoms with van der Waals surface area (Å²) in [7, 11) is -3.47. The lowest BCUT2D eigenvalue weighted by atomic mass is 10.2. The average Bonchev–Trinajstić information content (AvgIpc) is 3.13. The Labute approximate surface area is 116 Å². The standard InChI is InChI=1S/C12H17BrN2O2S/c1-8-10(13)3-2-4-12(8)18(16,17)15-7-11(14)9-5-6-9/h2-4,9,11,15H,5-7,14H2,1H3. The van der Waals surface area contributed by atoms with Gasteiger partial charge in [-0.1, -0.05) is 22.0 Å². The SMILES string of the molecule is Cc1c(Br)cccc1S(=O)(=O)NCC(N)C1CC1. The first kappa shape index (κ1) is 14.0. The van der Waals surface area contributed by atoms with Gasteiger partial charge in [-0.3, -0.25) is 0 Å². The molecule has 1 aliphatic rings. The third-order valence-electron chi connectivity index (χ3n) is 3.24. The number of nitrogens with two attached hydrogens (primary N) is 1. The van der Waals surface area contributed by atoms with Crippen LogP contribution in [-0.4, -0.2) is 21.0 Å². The van der Waals surface area contributed by atoms with Crippen LogP contribution >= 0.6 is 15.9 Å². The van der Waals surface area contributed by atoms with Gasteiger partial charge in [-0.15, -0.1) is 0 Å². The molecule has 0 aromatic heterocycles. The van der Waals surface area contributed by atoms with Crippen molar-refractivity contribution in [3.63, 3.8) is 0 Å². The van der Waals surface area contributed by atoms with Gasteiger partial charge in [0.05, 0.1) is 4.90 Å². The second kappa shape index (κ2) is 5.28. The molecular weight excluding hydrogens is 316 g/mol. The van der Waals surface area contributed by atoms with Crippen molar-refractivity contribution in [1.29, 1.82) is 0 Å². The molecule has 0 amide bonds. The summed E-state index contributed by atoms with van der Waals surface area (Å²) in [5, 5.41) is 0. The van der Waals surface area contributed by atoms with E-state index in [4.69, 9.17) is 5.73 Å². The maximum Gasteiger partial charge on any atom is 0.240 e. The van der Waals surface area contributed by atoms with E-state index in [1.165, 1.54) is 0 Å². The number of halogens is 1. The first-order chi connectivity index (χ1) is 8.42. The van der Waals surface area contributed by atoms with Crippen molar-refractivity contribution in [2.75, 3.05) is 6.54 Å². The second-order valence-electron chi connectivity index (χ2n) is 4.72. The number of nitrogens with one attached hydrogen (secondary N) is 1.